The molecule has 1 aromatic rings. The molecule has 0 fully saturated rings. The molecule has 1 aromatic carbocycles. The van der Waals surface area contributed by atoms with Crippen LogP contribution in [0.1, 0.15) is 30.5 Å². The lowest BCUT2D eigenvalue weighted by molar-refractivity contribution is 1.06. The summed E-state index contributed by atoms with van der Waals surface area (Å²) in [7, 11) is 0. The fourth-order valence-corrected chi connectivity index (χ4v) is 1.62. The molecule has 66 valence electrons. The molecule has 0 aromatic heterocycles. The van der Waals surface area contributed by atoms with Gasteiger partial charge in [0, 0.05) is 5.88 Å². The van der Waals surface area contributed by atoms with E-state index < -0.39 is 0 Å². The fraction of sp³-hybridized carbons (Fsp3) is 0.455. The topological polar surface area (TPSA) is 0 Å². The van der Waals surface area contributed by atoms with Crippen LogP contribution in [0.15, 0.2) is 18.2 Å². The minimum Gasteiger partial charge on any atom is -0.122 e. The molecule has 0 saturated heterocycles. The Hall–Kier alpha value is -0.490. The van der Waals surface area contributed by atoms with Gasteiger partial charge in [-0.25, -0.2) is 0 Å². The van der Waals surface area contributed by atoms with Gasteiger partial charge in [-0.3, -0.25) is 0 Å². The lowest BCUT2D eigenvalue weighted by Gasteiger charge is -2.06. The Labute approximate surface area is 79.6 Å². The molecular weight excluding hydrogens is 168 g/mol. The third-order valence-electron chi connectivity index (χ3n) is 2.20. The third-order valence-corrected chi connectivity index (χ3v) is 2.49. The van der Waals surface area contributed by atoms with E-state index in [1.54, 1.807) is 0 Å². The van der Waals surface area contributed by atoms with E-state index in [9.17, 15) is 0 Å². The first-order valence-electron chi connectivity index (χ1n) is 4.48. The van der Waals surface area contributed by atoms with E-state index >= 15 is 0 Å². The van der Waals surface area contributed by atoms with Gasteiger partial charge in [0.2, 0.25) is 0 Å². The Bertz CT molecular complexity index is 253. The largest absolute Gasteiger partial charge is 0.122 e. The van der Waals surface area contributed by atoms with Crippen LogP contribution in [0, 0.1) is 0 Å². The third kappa shape index (κ3) is 2.01. The molecule has 0 heterocycles. The molecule has 0 unspecified atom stereocenters. The molecule has 0 bridgehead atoms. The van der Waals surface area contributed by atoms with E-state index in [1.165, 1.54) is 16.7 Å². The van der Waals surface area contributed by atoms with Crippen molar-refractivity contribution < 1.29 is 0 Å². The Morgan fingerprint density at radius 3 is 2.33 bits per heavy atom. The van der Waals surface area contributed by atoms with Crippen LogP contribution in [0.25, 0.3) is 0 Å². The molecule has 0 nitrogen and oxygen atoms in total. The van der Waals surface area contributed by atoms with Gasteiger partial charge in [-0.05, 0) is 29.5 Å². The lowest BCUT2D eigenvalue weighted by Crippen LogP contribution is -1.91. The molecule has 0 aliphatic carbocycles. The van der Waals surface area contributed by atoms with E-state index in [1.807, 2.05) is 0 Å². The Morgan fingerprint density at radius 1 is 1.08 bits per heavy atom. The van der Waals surface area contributed by atoms with Crippen LogP contribution in [0.4, 0.5) is 0 Å². The maximum Gasteiger partial charge on any atom is 0.0476 e. The van der Waals surface area contributed by atoms with Crippen molar-refractivity contribution in [2.24, 2.45) is 0 Å². The average molecular weight is 183 g/mol. The Kier molecular flexibility index (Phi) is 3.61. The second-order valence-electron chi connectivity index (χ2n) is 2.94. The predicted octanol–water partition coefficient (Wildman–Crippen LogP) is 3.55. The highest BCUT2D eigenvalue weighted by molar-refractivity contribution is 6.17. The standard InChI is InChI=1S/C11H15Cl/c1-3-9-5-6-11(8-12)10(4-2)7-9/h5-7H,3-4,8H2,1-2H3. The van der Waals surface area contributed by atoms with Crippen molar-refractivity contribution in [1.82, 2.24) is 0 Å². The molecule has 12 heavy (non-hydrogen) atoms. The van der Waals surface area contributed by atoms with E-state index in [2.05, 4.69) is 32.0 Å². The summed E-state index contributed by atoms with van der Waals surface area (Å²) in [6.07, 6.45) is 2.19. The second-order valence-corrected chi connectivity index (χ2v) is 3.21. The minimum absolute atomic E-state index is 0.632. The molecule has 1 heteroatoms. The zero-order valence-corrected chi connectivity index (χ0v) is 8.49. The number of benzene rings is 1. The zero-order chi connectivity index (χ0) is 8.97. The van der Waals surface area contributed by atoms with E-state index in [-0.39, 0.29) is 0 Å². The van der Waals surface area contributed by atoms with Gasteiger partial charge in [-0.2, -0.15) is 0 Å². The molecule has 0 spiro atoms. The molecule has 0 saturated carbocycles. The highest BCUT2D eigenvalue weighted by atomic mass is 35.5. The van der Waals surface area contributed by atoms with Crippen LogP contribution in [0.5, 0.6) is 0 Å². The Balaban J connectivity index is 3.02. The van der Waals surface area contributed by atoms with E-state index in [0.29, 0.717) is 5.88 Å². The van der Waals surface area contributed by atoms with Gasteiger partial charge in [0.1, 0.15) is 0 Å². The molecule has 0 amide bonds. The number of rotatable bonds is 3. The van der Waals surface area contributed by atoms with Crippen molar-refractivity contribution in [1.29, 1.82) is 0 Å². The molecule has 0 N–H and O–H groups in total. The summed E-state index contributed by atoms with van der Waals surface area (Å²) >= 11 is 5.81. The van der Waals surface area contributed by atoms with Gasteiger partial charge in [-0.1, -0.05) is 32.0 Å². The number of hydrogen-bond acceptors (Lipinski definition) is 0. The highest BCUT2D eigenvalue weighted by Gasteiger charge is 1.99. The highest BCUT2D eigenvalue weighted by Crippen LogP contribution is 2.15. The molecule has 0 aliphatic rings. The first kappa shape index (κ1) is 9.60. The quantitative estimate of drug-likeness (QED) is 0.628. The van der Waals surface area contributed by atoms with Crippen LogP contribution in [0.2, 0.25) is 0 Å². The SMILES string of the molecule is CCc1ccc(CCl)c(CC)c1. The maximum absolute atomic E-state index is 5.81. The number of alkyl halides is 1. The lowest BCUT2D eigenvalue weighted by atomic mass is 10.0. The first-order valence-corrected chi connectivity index (χ1v) is 5.01. The summed E-state index contributed by atoms with van der Waals surface area (Å²) in [4.78, 5) is 0. The molecular formula is C11H15Cl. The summed E-state index contributed by atoms with van der Waals surface area (Å²) in [6.45, 7) is 4.35. The minimum atomic E-state index is 0.632. The van der Waals surface area contributed by atoms with Crippen molar-refractivity contribution in [3.05, 3.63) is 34.9 Å². The molecule has 1 rings (SSSR count). The summed E-state index contributed by atoms with van der Waals surface area (Å²) in [6, 6.07) is 6.57. The van der Waals surface area contributed by atoms with Crippen molar-refractivity contribution in [2.45, 2.75) is 32.6 Å². The molecule has 0 radical (unpaired) electrons. The smallest absolute Gasteiger partial charge is 0.0476 e. The van der Waals surface area contributed by atoms with Crippen LogP contribution in [-0.2, 0) is 18.7 Å². The van der Waals surface area contributed by atoms with E-state index in [4.69, 9.17) is 11.6 Å². The van der Waals surface area contributed by atoms with Crippen molar-refractivity contribution in [3.63, 3.8) is 0 Å². The fourth-order valence-electron chi connectivity index (χ4n) is 1.36. The molecule has 0 aliphatic heterocycles. The summed E-state index contributed by atoms with van der Waals surface area (Å²) in [5.74, 6) is 0.632. The zero-order valence-electron chi connectivity index (χ0n) is 7.73. The van der Waals surface area contributed by atoms with Gasteiger partial charge in [0.15, 0.2) is 0 Å². The Morgan fingerprint density at radius 2 is 1.83 bits per heavy atom. The predicted molar refractivity (Wildman–Crippen MR) is 54.8 cm³/mol. The number of hydrogen-bond donors (Lipinski definition) is 0. The van der Waals surface area contributed by atoms with Crippen LogP contribution < -0.4 is 0 Å². The van der Waals surface area contributed by atoms with Crippen molar-refractivity contribution in [3.8, 4) is 0 Å². The van der Waals surface area contributed by atoms with Crippen LogP contribution >= 0.6 is 11.6 Å². The number of aryl methyl sites for hydroxylation is 2. The maximum atomic E-state index is 5.81. The van der Waals surface area contributed by atoms with Gasteiger partial charge in [0.05, 0.1) is 0 Å². The van der Waals surface area contributed by atoms with Crippen molar-refractivity contribution in [2.75, 3.05) is 0 Å². The number of halogens is 1. The van der Waals surface area contributed by atoms with Crippen LogP contribution in [-0.4, -0.2) is 0 Å². The van der Waals surface area contributed by atoms with Gasteiger partial charge < -0.3 is 0 Å². The second kappa shape index (κ2) is 4.51. The van der Waals surface area contributed by atoms with Crippen LogP contribution in [0.3, 0.4) is 0 Å². The normalized spacial score (nSPS) is 10.2. The van der Waals surface area contributed by atoms with E-state index in [0.717, 1.165) is 12.8 Å². The van der Waals surface area contributed by atoms with Gasteiger partial charge in [-0.15, -0.1) is 11.6 Å². The summed E-state index contributed by atoms with van der Waals surface area (Å²) < 4.78 is 0. The van der Waals surface area contributed by atoms with Crippen molar-refractivity contribution >= 4 is 11.6 Å². The van der Waals surface area contributed by atoms with Gasteiger partial charge >= 0.3 is 0 Å². The van der Waals surface area contributed by atoms with Gasteiger partial charge in [0.25, 0.3) is 0 Å². The first-order chi connectivity index (χ1) is 5.81. The average Bonchev–Trinajstić information content (AvgIpc) is 2.16. The summed E-state index contributed by atoms with van der Waals surface area (Å²) in [5.41, 5.74) is 4.07. The molecule has 0 atom stereocenters. The summed E-state index contributed by atoms with van der Waals surface area (Å²) in [5, 5.41) is 0. The monoisotopic (exact) mass is 182 g/mol.